The first kappa shape index (κ1) is 32.6. The van der Waals surface area contributed by atoms with Gasteiger partial charge in [-0.1, -0.05) is 33.6 Å². The second-order valence-corrected chi connectivity index (χ2v) is 10.7. The van der Waals surface area contributed by atoms with Gasteiger partial charge in [-0.15, -0.1) is 0 Å². The van der Waals surface area contributed by atoms with Crippen molar-refractivity contribution in [3.05, 3.63) is 49.3 Å². The van der Waals surface area contributed by atoms with Gasteiger partial charge in [0.1, 0.15) is 12.8 Å². The summed E-state index contributed by atoms with van der Waals surface area (Å²) in [5, 5.41) is 0. The highest BCUT2D eigenvalue weighted by Crippen LogP contribution is 2.30. The number of allylic oxidation sites excluding steroid dienone is 1. The summed E-state index contributed by atoms with van der Waals surface area (Å²) in [6.45, 7) is 30.7. The molecule has 0 aromatic rings. The Bertz CT molecular complexity index is 822. The van der Waals surface area contributed by atoms with Crippen LogP contribution in [-0.4, -0.2) is 103 Å². The van der Waals surface area contributed by atoms with E-state index in [0.717, 1.165) is 23.9 Å². The lowest BCUT2D eigenvalue weighted by Gasteiger charge is -2.21. The SMILES string of the molecule is C=C1C(C)C(C)C(=O)N1C.C=C1C(C)N(C)C(C)N1C.C=C1C(C)OC(C)N1C.C=C1OCC(C)N1C. The molecule has 1 amide bonds. The molecule has 8 heteroatoms. The number of ether oxygens (including phenoxy) is 2. The maximum absolute atomic E-state index is 11.2. The molecule has 4 heterocycles. The molecule has 0 spiro atoms. The van der Waals surface area contributed by atoms with Crippen LogP contribution < -0.4 is 0 Å². The smallest absolute Gasteiger partial charge is 0.229 e. The Morgan fingerprint density at radius 1 is 0.730 bits per heavy atom. The summed E-state index contributed by atoms with van der Waals surface area (Å²) < 4.78 is 10.5. The molecule has 0 radical (unpaired) electrons. The molecule has 0 aromatic heterocycles. The zero-order chi connectivity index (χ0) is 28.9. The fraction of sp³-hybridized carbons (Fsp3) is 0.690. The number of rotatable bonds is 0. The van der Waals surface area contributed by atoms with Gasteiger partial charge in [-0.25, -0.2) is 0 Å². The van der Waals surface area contributed by atoms with E-state index < -0.39 is 0 Å². The normalized spacial score (nSPS) is 33.6. The standard InChI is InChI=1S/C8H16N2.C8H13NO.C7H13NO.C6H11NO/c1-6-7(2)10(5)8(3)9(6)4;1-5-6(2)8(10)9(4)7(5)3;1-5-6(2)9-7(3)8(5)4;1-5-4-8-6(2)7(5)3/h7-8H,1H2,2-5H3;5-6H,3H2,1-2,4H3;6-7H,1H2,2-4H3;5H,2,4H2,1,3H3. The Morgan fingerprint density at radius 2 is 1.27 bits per heavy atom. The maximum Gasteiger partial charge on any atom is 0.229 e. The van der Waals surface area contributed by atoms with Crippen LogP contribution in [0.1, 0.15) is 48.5 Å². The highest BCUT2D eigenvalue weighted by molar-refractivity contribution is 5.83. The van der Waals surface area contributed by atoms with Crippen molar-refractivity contribution in [2.24, 2.45) is 11.8 Å². The number of carbonyl (C=O) groups is 1. The van der Waals surface area contributed by atoms with Crippen LogP contribution in [0.3, 0.4) is 0 Å². The Kier molecular flexibility index (Phi) is 11.8. The van der Waals surface area contributed by atoms with Crippen LogP contribution in [0.15, 0.2) is 49.3 Å². The average Bonchev–Trinajstić information content (AvgIpc) is 3.41. The first-order valence-corrected chi connectivity index (χ1v) is 13.2. The van der Waals surface area contributed by atoms with Crippen molar-refractivity contribution in [3.63, 3.8) is 0 Å². The minimum atomic E-state index is 0.123. The van der Waals surface area contributed by atoms with Crippen LogP contribution in [0.5, 0.6) is 0 Å². The van der Waals surface area contributed by atoms with E-state index in [9.17, 15) is 4.79 Å². The number of likely N-dealkylation sites (N-methyl/N-ethyl adjacent to an activating group) is 4. The van der Waals surface area contributed by atoms with Crippen molar-refractivity contribution in [1.29, 1.82) is 0 Å². The lowest BCUT2D eigenvalue weighted by Crippen LogP contribution is -2.32. The van der Waals surface area contributed by atoms with E-state index in [-0.39, 0.29) is 24.2 Å². The van der Waals surface area contributed by atoms with Gasteiger partial charge in [-0.3, -0.25) is 9.69 Å². The Morgan fingerprint density at radius 3 is 1.38 bits per heavy atom. The van der Waals surface area contributed by atoms with E-state index in [1.165, 1.54) is 5.70 Å². The second-order valence-electron chi connectivity index (χ2n) is 10.7. The van der Waals surface area contributed by atoms with Gasteiger partial charge < -0.3 is 29.1 Å². The minimum absolute atomic E-state index is 0.123. The third-order valence-corrected chi connectivity index (χ3v) is 8.54. The number of amides is 1. The molecule has 0 saturated carbocycles. The van der Waals surface area contributed by atoms with Crippen molar-refractivity contribution in [1.82, 2.24) is 24.5 Å². The molecule has 8 nitrogen and oxygen atoms in total. The molecule has 4 aliphatic heterocycles. The van der Waals surface area contributed by atoms with Gasteiger partial charge in [0.05, 0.1) is 18.3 Å². The van der Waals surface area contributed by atoms with Crippen molar-refractivity contribution < 1.29 is 14.3 Å². The van der Waals surface area contributed by atoms with Crippen LogP contribution in [0.2, 0.25) is 0 Å². The number of nitrogens with zero attached hydrogens (tertiary/aromatic N) is 5. The molecule has 0 N–H and O–H groups in total. The molecule has 0 bridgehead atoms. The summed E-state index contributed by atoms with van der Waals surface area (Å²) in [6.07, 6.45) is 0.903. The summed E-state index contributed by atoms with van der Waals surface area (Å²) in [4.78, 5) is 21.4. The molecule has 7 unspecified atom stereocenters. The quantitative estimate of drug-likeness (QED) is 0.471. The maximum atomic E-state index is 11.2. The Hall–Kier alpha value is -2.45. The average molecular weight is 520 g/mol. The van der Waals surface area contributed by atoms with Gasteiger partial charge in [0.2, 0.25) is 5.91 Å². The van der Waals surface area contributed by atoms with E-state index in [4.69, 9.17) is 9.47 Å². The zero-order valence-electron chi connectivity index (χ0n) is 25.5. The van der Waals surface area contributed by atoms with Crippen molar-refractivity contribution in [3.8, 4) is 0 Å². The minimum Gasteiger partial charge on any atom is -0.477 e. The number of hydrogen-bond donors (Lipinski definition) is 0. The second kappa shape index (κ2) is 13.4. The molecule has 4 rings (SSSR count). The van der Waals surface area contributed by atoms with Crippen LogP contribution in [0.25, 0.3) is 0 Å². The third kappa shape index (κ3) is 7.54. The Labute approximate surface area is 226 Å². The number of likely N-dealkylation sites (tertiary alicyclic amines) is 1. The lowest BCUT2D eigenvalue weighted by atomic mass is 9.98. The molecule has 37 heavy (non-hydrogen) atoms. The number of carbonyl (C=O) groups excluding carboxylic acids is 1. The molecule has 4 aliphatic rings. The van der Waals surface area contributed by atoms with Crippen LogP contribution in [0, 0.1) is 11.8 Å². The van der Waals surface area contributed by atoms with Crippen molar-refractivity contribution in [2.45, 2.75) is 79.0 Å². The summed E-state index contributed by atoms with van der Waals surface area (Å²) in [6, 6.07) is 1.00. The van der Waals surface area contributed by atoms with Gasteiger partial charge in [0.25, 0.3) is 0 Å². The van der Waals surface area contributed by atoms with Gasteiger partial charge in [-0.05, 0) is 48.2 Å². The monoisotopic (exact) mass is 519 g/mol. The predicted octanol–water partition coefficient (Wildman–Crippen LogP) is 4.36. The first-order valence-electron chi connectivity index (χ1n) is 13.2. The third-order valence-electron chi connectivity index (χ3n) is 8.54. The fourth-order valence-corrected chi connectivity index (χ4v) is 4.28. The lowest BCUT2D eigenvalue weighted by molar-refractivity contribution is -0.128. The summed E-state index contributed by atoms with van der Waals surface area (Å²) in [5.41, 5.74) is 3.23. The molecule has 7 atom stereocenters. The van der Waals surface area contributed by atoms with Crippen LogP contribution >= 0.6 is 0 Å². The topological polar surface area (TPSA) is 51.7 Å². The fourth-order valence-electron chi connectivity index (χ4n) is 4.28. The summed E-state index contributed by atoms with van der Waals surface area (Å²) in [5.74, 6) is 1.42. The highest BCUT2D eigenvalue weighted by atomic mass is 16.5. The van der Waals surface area contributed by atoms with Crippen LogP contribution in [-0.2, 0) is 14.3 Å². The van der Waals surface area contributed by atoms with E-state index in [0.29, 0.717) is 24.2 Å². The largest absolute Gasteiger partial charge is 0.477 e. The van der Waals surface area contributed by atoms with E-state index in [1.807, 2.05) is 51.6 Å². The van der Waals surface area contributed by atoms with Crippen LogP contribution in [0.4, 0.5) is 0 Å². The van der Waals surface area contributed by atoms with Crippen molar-refractivity contribution >= 4 is 5.91 Å². The summed E-state index contributed by atoms with van der Waals surface area (Å²) in [7, 11) is 9.98. The molecule has 0 aromatic carbocycles. The van der Waals surface area contributed by atoms with Gasteiger partial charge in [0.15, 0.2) is 5.88 Å². The van der Waals surface area contributed by atoms with Gasteiger partial charge in [0, 0.05) is 63.2 Å². The first-order chi connectivity index (χ1) is 16.9. The van der Waals surface area contributed by atoms with E-state index in [1.54, 1.807) is 11.9 Å². The van der Waals surface area contributed by atoms with Crippen molar-refractivity contribution in [2.75, 3.05) is 41.8 Å². The molecule has 4 fully saturated rings. The molecule has 0 aliphatic carbocycles. The van der Waals surface area contributed by atoms with Gasteiger partial charge in [-0.2, -0.15) is 0 Å². The summed E-state index contributed by atoms with van der Waals surface area (Å²) >= 11 is 0. The Balaban J connectivity index is 0.000000248. The highest BCUT2D eigenvalue weighted by Gasteiger charge is 2.35. The molecule has 4 saturated heterocycles. The molecular weight excluding hydrogens is 466 g/mol. The number of hydrogen-bond acceptors (Lipinski definition) is 7. The zero-order valence-corrected chi connectivity index (χ0v) is 25.5. The molecule has 212 valence electrons. The van der Waals surface area contributed by atoms with E-state index >= 15 is 0 Å². The predicted molar refractivity (Wildman–Crippen MR) is 153 cm³/mol. The molecular formula is C29H53N5O3. The van der Waals surface area contributed by atoms with E-state index in [2.05, 4.69) is 71.0 Å². The van der Waals surface area contributed by atoms with Gasteiger partial charge >= 0.3 is 0 Å².